The number of rotatable bonds is 2. The summed E-state index contributed by atoms with van der Waals surface area (Å²) in [5.74, 6) is 0. The lowest BCUT2D eigenvalue weighted by Gasteiger charge is -2.00. The molecule has 0 atom stereocenters. The maximum atomic E-state index is 9.75. The van der Waals surface area contributed by atoms with Crippen LogP contribution in [0.25, 0.3) is 0 Å². The van der Waals surface area contributed by atoms with Gasteiger partial charge in [0, 0.05) is 0 Å². The van der Waals surface area contributed by atoms with E-state index in [0.717, 1.165) is 0 Å². The Hall–Kier alpha value is -1.43. The van der Waals surface area contributed by atoms with Gasteiger partial charge in [-0.2, -0.15) is 0 Å². The summed E-state index contributed by atoms with van der Waals surface area (Å²) in [6.07, 6.45) is 2.27. The molecule has 0 bridgehead atoms. The van der Waals surface area contributed by atoms with Gasteiger partial charge >= 0.3 is 8.68 Å². The van der Waals surface area contributed by atoms with E-state index in [2.05, 4.69) is 66.9 Å². The maximum absolute atomic E-state index is 9.75. The first-order valence-corrected chi connectivity index (χ1v) is 7.14. The van der Waals surface area contributed by atoms with Gasteiger partial charge in [-0.05, 0) is 24.3 Å². The van der Waals surface area contributed by atoms with E-state index in [1.165, 1.54) is 9.79 Å². The molecular formula is C13H14BF4S+. The summed E-state index contributed by atoms with van der Waals surface area (Å²) >= 11 is 0. The molecule has 0 N–H and O–H groups in total. The van der Waals surface area contributed by atoms with Crippen molar-refractivity contribution in [2.75, 3.05) is 6.26 Å². The highest BCUT2D eigenvalue weighted by Gasteiger charge is 2.20. The van der Waals surface area contributed by atoms with Crippen molar-refractivity contribution in [1.29, 1.82) is 0 Å². The smallest absolute Gasteiger partial charge is 0.418 e. The van der Waals surface area contributed by atoms with Gasteiger partial charge in [-0.1, -0.05) is 36.4 Å². The van der Waals surface area contributed by atoms with E-state index < -0.39 is 7.25 Å². The van der Waals surface area contributed by atoms with Crippen molar-refractivity contribution < 1.29 is 18.7 Å². The van der Waals surface area contributed by atoms with Crippen LogP contribution in [0.15, 0.2) is 70.5 Å². The van der Waals surface area contributed by atoms with E-state index >= 15 is 0 Å². The summed E-state index contributed by atoms with van der Waals surface area (Å²) in [6.45, 7) is 0. The van der Waals surface area contributed by atoms with Crippen molar-refractivity contribution in [2.24, 2.45) is 0 Å². The molecule has 0 saturated heterocycles. The van der Waals surface area contributed by atoms with Crippen LogP contribution in [0.2, 0.25) is 0 Å². The van der Waals surface area contributed by atoms with Crippen molar-refractivity contribution in [3.05, 3.63) is 60.7 Å². The molecule has 0 spiro atoms. The van der Waals surface area contributed by atoms with Crippen molar-refractivity contribution in [3.63, 3.8) is 0 Å². The molecule has 0 radical (unpaired) electrons. The summed E-state index contributed by atoms with van der Waals surface area (Å²) in [6, 6.07) is 21.3. The van der Waals surface area contributed by atoms with E-state index in [4.69, 9.17) is 0 Å². The molecule has 2 rings (SSSR count). The van der Waals surface area contributed by atoms with E-state index in [1.54, 1.807) is 0 Å². The van der Waals surface area contributed by atoms with Crippen LogP contribution in [-0.4, -0.2) is 13.5 Å². The molecule has 102 valence electrons. The highest BCUT2D eigenvalue weighted by Crippen LogP contribution is 2.19. The Morgan fingerprint density at radius 3 is 1.26 bits per heavy atom. The second-order valence-electron chi connectivity index (χ2n) is 3.63. The fourth-order valence-corrected chi connectivity index (χ4v) is 2.79. The molecule has 0 saturated carbocycles. The topological polar surface area (TPSA) is 0 Å². The molecule has 0 aliphatic rings. The van der Waals surface area contributed by atoms with Crippen molar-refractivity contribution in [1.82, 2.24) is 0 Å². The Morgan fingerprint density at radius 2 is 1.00 bits per heavy atom. The molecular weight excluding hydrogens is 275 g/mol. The van der Waals surface area contributed by atoms with Crippen molar-refractivity contribution in [3.8, 4) is 0 Å². The summed E-state index contributed by atoms with van der Waals surface area (Å²) in [4.78, 5) is 2.80. The van der Waals surface area contributed by atoms with Gasteiger partial charge in [0.2, 0.25) is 0 Å². The summed E-state index contributed by atoms with van der Waals surface area (Å²) in [5, 5.41) is 0. The lowest BCUT2D eigenvalue weighted by molar-refractivity contribution is 0.368. The van der Waals surface area contributed by atoms with Gasteiger partial charge in [0.1, 0.15) is 6.26 Å². The molecule has 0 amide bonds. The second kappa shape index (κ2) is 7.23. The Kier molecular flexibility index (Phi) is 5.95. The Morgan fingerprint density at radius 1 is 0.737 bits per heavy atom. The molecule has 6 heteroatoms. The van der Waals surface area contributed by atoms with Crippen molar-refractivity contribution >= 4 is 18.1 Å². The molecule has 0 aliphatic heterocycles. The van der Waals surface area contributed by atoms with Gasteiger partial charge < -0.3 is 17.3 Å². The molecule has 0 aliphatic carbocycles. The highest BCUT2D eigenvalue weighted by atomic mass is 32.2. The van der Waals surface area contributed by atoms with Crippen LogP contribution in [0.1, 0.15) is 1.43 Å². The van der Waals surface area contributed by atoms with Crippen LogP contribution in [-0.2, 0) is 10.9 Å². The van der Waals surface area contributed by atoms with E-state index in [9.17, 15) is 17.3 Å². The molecule has 2 aromatic rings. The summed E-state index contributed by atoms with van der Waals surface area (Å²) in [5.41, 5.74) is 0. The van der Waals surface area contributed by atoms with Gasteiger partial charge in [0.05, 0.1) is 10.9 Å². The molecule has 19 heavy (non-hydrogen) atoms. The third kappa shape index (κ3) is 6.91. The lowest BCUT2D eigenvalue weighted by Crippen LogP contribution is -2.02. The average Bonchev–Trinajstić information content (AvgIpc) is 2.38. The van der Waals surface area contributed by atoms with Gasteiger partial charge in [-0.15, -0.1) is 0 Å². The van der Waals surface area contributed by atoms with Crippen LogP contribution >= 0.6 is 0 Å². The zero-order valence-corrected chi connectivity index (χ0v) is 11.1. The van der Waals surface area contributed by atoms with Crippen LogP contribution in [0.3, 0.4) is 0 Å². The number of benzene rings is 2. The highest BCUT2D eigenvalue weighted by molar-refractivity contribution is 7.96. The fourth-order valence-electron chi connectivity index (χ4n) is 1.39. The minimum absolute atomic E-state index is 0. The molecule has 0 heterocycles. The summed E-state index contributed by atoms with van der Waals surface area (Å²) < 4.78 is 39.0. The largest absolute Gasteiger partial charge is 1.00 e. The minimum Gasteiger partial charge on any atom is -0.418 e. The van der Waals surface area contributed by atoms with E-state index in [1.807, 2.05) is 0 Å². The van der Waals surface area contributed by atoms with Crippen LogP contribution < -0.4 is 0 Å². The predicted molar refractivity (Wildman–Crippen MR) is 74.0 cm³/mol. The third-order valence-electron chi connectivity index (χ3n) is 2.19. The maximum Gasteiger partial charge on any atom is 1.00 e. The monoisotopic (exact) mass is 289 g/mol. The lowest BCUT2D eigenvalue weighted by atomic mass is 10.3. The molecule has 0 unspecified atom stereocenters. The van der Waals surface area contributed by atoms with Crippen LogP contribution in [0.4, 0.5) is 17.3 Å². The van der Waals surface area contributed by atoms with Gasteiger partial charge in [-0.25, -0.2) is 0 Å². The minimum atomic E-state index is -6.00. The zero-order valence-electron chi connectivity index (χ0n) is 11.3. The van der Waals surface area contributed by atoms with Crippen LogP contribution in [0, 0.1) is 0 Å². The fraction of sp³-hybridized carbons (Fsp3) is 0.0769. The van der Waals surface area contributed by atoms with E-state index in [-0.39, 0.29) is 12.3 Å². The predicted octanol–water partition coefficient (Wildman–Crippen LogP) is 4.77. The van der Waals surface area contributed by atoms with E-state index in [0.29, 0.717) is 0 Å². The van der Waals surface area contributed by atoms with Crippen molar-refractivity contribution in [2.45, 2.75) is 9.79 Å². The molecule has 0 aromatic heterocycles. The number of hydrogen-bond donors (Lipinski definition) is 0. The first-order chi connectivity index (χ1) is 8.88. The quantitative estimate of drug-likeness (QED) is 0.424. The Bertz CT molecular complexity index is 433. The average molecular weight is 289 g/mol. The normalized spacial score (nSPS) is 10.8. The SMILES string of the molecule is C[S+](c1ccccc1)c1ccccc1.F[B-](F)(F)F.[H+]. The molecule has 0 nitrogen and oxygen atoms in total. The molecule has 0 fully saturated rings. The van der Waals surface area contributed by atoms with Crippen LogP contribution in [0.5, 0.6) is 0 Å². The van der Waals surface area contributed by atoms with Gasteiger partial charge in [0.15, 0.2) is 9.79 Å². The Balaban J connectivity index is 0.000000526. The second-order valence-corrected chi connectivity index (χ2v) is 5.59. The first-order valence-electron chi connectivity index (χ1n) is 5.51. The third-order valence-corrected chi connectivity index (χ3v) is 4.15. The van der Waals surface area contributed by atoms with Gasteiger partial charge in [0.25, 0.3) is 0 Å². The zero-order chi connectivity index (χ0) is 14.3. The van der Waals surface area contributed by atoms with Gasteiger partial charge in [-0.3, -0.25) is 0 Å². The molecule has 2 aromatic carbocycles. The first kappa shape index (κ1) is 15.6. The standard InChI is InChI=1S/C13H13S.BF4/c1-14(12-8-4-2-5-9-12)13-10-6-3-7-11-13;2-1(3,4)5/h2-11H,1H3;/q+1;-1/p+1. The number of halogens is 4. The number of hydrogen-bond acceptors (Lipinski definition) is 0. The Labute approximate surface area is 114 Å². The summed E-state index contributed by atoms with van der Waals surface area (Å²) in [7, 11) is -5.80.